The third kappa shape index (κ3) is 3.34. The molecule has 0 radical (unpaired) electrons. The van der Waals surface area contributed by atoms with Gasteiger partial charge >= 0.3 is 0 Å². The third-order valence-electron chi connectivity index (χ3n) is 4.22. The Hall–Kier alpha value is -2.11. The van der Waals surface area contributed by atoms with Gasteiger partial charge in [-0.05, 0) is 61.2 Å². The van der Waals surface area contributed by atoms with Gasteiger partial charge in [-0.3, -0.25) is 9.69 Å². The molecule has 0 spiro atoms. The zero-order chi connectivity index (χ0) is 18.1. The fraction of sp³-hybridized carbons (Fsp3) is 0.200. The van der Waals surface area contributed by atoms with Crippen molar-refractivity contribution in [1.29, 1.82) is 0 Å². The van der Waals surface area contributed by atoms with Gasteiger partial charge in [0.1, 0.15) is 5.75 Å². The smallest absolute Gasteiger partial charge is 0.271 e. The lowest BCUT2D eigenvalue weighted by Gasteiger charge is -2.18. The van der Waals surface area contributed by atoms with Crippen LogP contribution in [-0.2, 0) is 4.79 Å². The summed E-state index contributed by atoms with van der Waals surface area (Å²) in [7, 11) is 1.63. The summed E-state index contributed by atoms with van der Waals surface area (Å²) in [5, 5.41) is 0. The molecule has 0 N–H and O–H groups in total. The maximum absolute atomic E-state index is 13.1. The molecule has 1 fully saturated rings. The molecule has 1 aliphatic heterocycles. The van der Waals surface area contributed by atoms with Gasteiger partial charge in [0.05, 0.1) is 17.7 Å². The fourth-order valence-electron chi connectivity index (χ4n) is 2.75. The van der Waals surface area contributed by atoms with E-state index in [1.165, 1.54) is 11.8 Å². The first-order valence-corrected chi connectivity index (χ1v) is 9.13. The zero-order valence-electron chi connectivity index (χ0n) is 14.6. The lowest BCUT2D eigenvalue weighted by Crippen LogP contribution is -2.28. The molecule has 0 atom stereocenters. The number of thiocarbonyl (C=S) groups is 1. The highest BCUT2D eigenvalue weighted by Crippen LogP contribution is 2.40. The van der Waals surface area contributed by atoms with Gasteiger partial charge in [0.15, 0.2) is 4.32 Å². The topological polar surface area (TPSA) is 29.5 Å². The van der Waals surface area contributed by atoms with Gasteiger partial charge in [0.2, 0.25) is 0 Å². The average Bonchev–Trinajstić information content (AvgIpc) is 2.91. The lowest BCUT2D eigenvalue weighted by atomic mass is 10.1. The Morgan fingerprint density at radius 2 is 1.92 bits per heavy atom. The van der Waals surface area contributed by atoms with E-state index in [-0.39, 0.29) is 5.91 Å². The van der Waals surface area contributed by atoms with Crippen LogP contribution in [0.25, 0.3) is 5.57 Å². The molecule has 1 saturated heterocycles. The molecule has 1 aliphatic rings. The van der Waals surface area contributed by atoms with Crippen molar-refractivity contribution in [3.05, 3.63) is 64.1 Å². The van der Waals surface area contributed by atoms with Crippen LogP contribution in [0, 0.1) is 13.8 Å². The second kappa shape index (κ2) is 7.02. The molecular weight excluding hydrogens is 350 g/mol. The number of hydrogen-bond donors (Lipinski definition) is 0. The molecule has 1 amide bonds. The molecule has 1 heterocycles. The highest BCUT2D eigenvalue weighted by atomic mass is 32.2. The molecule has 25 heavy (non-hydrogen) atoms. The van der Waals surface area contributed by atoms with E-state index in [0.29, 0.717) is 9.23 Å². The van der Waals surface area contributed by atoms with E-state index in [2.05, 4.69) is 0 Å². The SMILES string of the molecule is COc1cccc(/C(C)=C2\SC(=S)N(c3cc(C)ccc3C)C2=O)c1. The molecule has 0 unspecified atom stereocenters. The number of rotatable bonds is 3. The van der Waals surface area contributed by atoms with E-state index >= 15 is 0 Å². The molecule has 2 aromatic rings. The molecule has 2 aromatic carbocycles. The number of benzene rings is 2. The number of carbonyl (C=O) groups excluding carboxylic acids is 1. The largest absolute Gasteiger partial charge is 0.497 e. The van der Waals surface area contributed by atoms with Gasteiger partial charge in [0, 0.05) is 0 Å². The first kappa shape index (κ1) is 17.7. The van der Waals surface area contributed by atoms with Crippen LogP contribution in [0.4, 0.5) is 5.69 Å². The molecule has 128 valence electrons. The Morgan fingerprint density at radius 3 is 2.64 bits per heavy atom. The van der Waals surface area contributed by atoms with Crippen molar-refractivity contribution < 1.29 is 9.53 Å². The fourth-order valence-corrected chi connectivity index (χ4v) is 4.08. The minimum Gasteiger partial charge on any atom is -0.497 e. The van der Waals surface area contributed by atoms with E-state index in [1.807, 2.05) is 63.2 Å². The summed E-state index contributed by atoms with van der Waals surface area (Å²) in [4.78, 5) is 15.4. The Labute approximate surface area is 157 Å². The van der Waals surface area contributed by atoms with E-state index < -0.39 is 0 Å². The molecule has 0 bridgehead atoms. The van der Waals surface area contributed by atoms with Crippen molar-refractivity contribution in [2.45, 2.75) is 20.8 Å². The number of anilines is 1. The normalized spacial score (nSPS) is 16.4. The molecular formula is C20H19NO2S2. The summed E-state index contributed by atoms with van der Waals surface area (Å²) < 4.78 is 5.85. The number of thioether (sulfide) groups is 1. The van der Waals surface area contributed by atoms with Crippen LogP contribution in [0.15, 0.2) is 47.4 Å². The highest BCUT2D eigenvalue weighted by Gasteiger charge is 2.35. The molecule has 3 rings (SSSR count). The standard InChI is InChI=1S/C20H19NO2S2/c1-12-8-9-13(2)17(10-12)21-19(22)18(25-20(21)24)14(3)15-6-5-7-16(11-15)23-4/h5-11H,1-4H3/b18-14-. The number of nitrogens with zero attached hydrogens (tertiary/aromatic N) is 1. The summed E-state index contributed by atoms with van der Waals surface area (Å²) >= 11 is 6.86. The van der Waals surface area contributed by atoms with Gasteiger partial charge in [-0.25, -0.2) is 0 Å². The number of amides is 1. The van der Waals surface area contributed by atoms with Gasteiger partial charge in [-0.15, -0.1) is 0 Å². The van der Waals surface area contributed by atoms with E-state index in [9.17, 15) is 4.79 Å². The molecule has 0 aliphatic carbocycles. The number of methoxy groups -OCH3 is 1. The Morgan fingerprint density at radius 1 is 1.16 bits per heavy atom. The second-order valence-electron chi connectivity index (χ2n) is 5.98. The number of ether oxygens (including phenoxy) is 1. The maximum Gasteiger partial charge on any atom is 0.271 e. The third-order valence-corrected chi connectivity index (χ3v) is 5.69. The summed E-state index contributed by atoms with van der Waals surface area (Å²) in [5.74, 6) is 0.700. The Kier molecular flexibility index (Phi) is 4.97. The van der Waals surface area contributed by atoms with E-state index in [4.69, 9.17) is 17.0 Å². The predicted octanol–water partition coefficient (Wildman–Crippen LogP) is 5.11. The lowest BCUT2D eigenvalue weighted by molar-refractivity contribution is -0.113. The van der Waals surface area contributed by atoms with E-state index in [0.717, 1.165) is 33.7 Å². The quantitative estimate of drug-likeness (QED) is 0.555. The van der Waals surface area contributed by atoms with Gasteiger partial charge in [0.25, 0.3) is 5.91 Å². The van der Waals surface area contributed by atoms with Crippen LogP contribution in [0.5, 0.6) is 5.75 Å². The van der Waals surface area contributed by atoms with Crippen LogP contribution < -0.4 is 9.64 Å². The Bertz CT molecular complexity index is 902. The van der Waals surface area contributed by atoms with Crippen molar-refractivity contribution in [2.75, 3.05) is 12.0 Å². The number of allylic oxidation sites excluding steroid dienone is 1. The minimum absolute atomic E-state index is 0.0657. The van der Waals surface area contributed by atoms with Crippen molar-refractivity contribution in [1.82, 2.24) is 0 Å². The predicted molar refractivity (Wildman–Crippen MR) is 109 cm³/mol. The van der Waals surface area contributed by atoms with Crippen molar-refractivity contribution in [2.24, 2.45) is 0 Å². The van der Waals surface area contributed by atoms with E-state index in [1.54, 1.807) is 12.0 Å². The average molecular weight is 370 g/mol. The van der Waals surface area contributed by atoms with Crippen LogP contribution in [0.1, 0.15) is 23.6 Å². The van der Waals surface area contributed by atoms with Crippen molar-refractivity contribution >= 4 is 45.5 Å². The molecule has 5 heteroatoms. The Balaban J connectivity index is 2.04. The summed E-state index contributed by atoms with van der Waals surface area (Å²) in [6, 6.07) is 13.8. The second-order valence-corrected chi connectivity index (χ2v) is 7.63. The highest BCUT2D eigenvalue weighted by molar-refractivity contribution is 8.27. The van der Waals surface area contributed by atoms with Crippen molar-refractivity contribution in [3.8, 4) is 5.75 Å². The van der Waals surface area contributed by atoms with Crippen LogP contribution in [-0.4, -0.2) is 17.3 Å². The molecule has 3 nitrogen and oxygen atoms in total. The van der Waals surface area contributed by atoms with Gasteiger partial charge in [-0.1, -0.05) is 48.2 Å². The van der Waals surface area contributed by atoms with Crippen LogP contribution in [0.3, 0.4) is 0 Å². The number of aryl methyl sites for hydroxylation is 2. The molecule has 0 saturated carbocycles. The maximum atomic E-state index is 13.1. The summed E-state index contributed by atoms with van der Waals surface area (Å²) in [5.41, 5.74) is 4.85. The number of carbonyl (C=O) groups is 1. The van der Waals surface area contributed by atoms with Crippen LogP contribution in [0.2, 0.25) is 0 Å². The monoisotopic (exact) mass is 369 g/mol. The molecule has 0 aromatic heterocycles. The summed E-state index contributed by atoms with van der Waals surface area (Å²) in [6.45, 7) is 5.95. The number of hydrogen-bond acceptors (Lipinski definition) is 4. The zero-order valence-corrected chi connectivity index (χ0v) is 16.3. The minimum atomic E-state index is -0.0657. The van der Waals surface area contributed by atoms with Gasteiger partial charge in [-0.2, -0.15) is 0 Å². The van der Waals surface area contributed by atoms with Crippen LogP contribution >= 0.6 is 24.0 Å². The first-order valence-electron chi connectivity index (χ1n) is 7.91. The van der Waals surface area contributed by atoms with Crippen molar-refractivity contribution in [3.63, 3.8) is 0 Å². The summed E-state index contributed by atoms with van der Waals surface area (Å²) in [6.07, 6.45) is 0. The first-order chi connectivity index (χ1) is 11.9. The van der Waals surface area contributed by atoms with Gasteiger partial charge < -0.3 is 4.74 Å².